The second-order valence-electron chi connectivity index (χ2n) is 19.8. The van der Waals surface area contributed by atoms with Gasteiger partial charge in [0.1, 0.15) is 34.5 Å². The Balaban J connectivity index is 1.19. The third-order valence-corrected chi connectivity index (χ3v) is 15.2. The largest absolute Gasteiger partial charge is 0.508 e. The Labute approximate surface area is 432 Å². The van der Waals surface area contributed by atoms with Crippen LogP contribution in [-0.4, -0.2) is 30.6 Å². The minimum absolute atomic E-state index is 0.0185. The van der Waals surface area contributed by atoms with Gasteiger partial charge in [0.2, 0.25) is 0 Å². The van der Waals surface area contributed by atoms with Crippen molar-refractivity contribution >= 4 is 64.6 Å². The molecule has 360 valence electrons. The van der Waals surface area contributed by atoms with Gasteiger partial charge < -0.3 is 30.6 Å². The predicted molar refractivity (Wildman–Crippen MR) is 303 cm³/mol. The van der Waals surface area contributed by atoms with Gasteiger partial charge in [0, 0.05) is 51.1 Å². The summed E-state index contributed by atoms with van der Waals surface area (Å²) in [4.78, 5) is 0. The lowest BCUT2D eigenvalue weighted by Crippen LogP contribution is -2.12. The molecule has 13 rings (SSSR count). The van der Waals surface area contributed by atoms with Crippen molar-refractivity contribution in [3.05, 3.63) is 287 Å². The molecule has 0 aliphatic rings. The SMILES string of the molecule is Oc1cc2ccccc2cc1C(c1cc(C(c2cc3ccccc3cc2O)c2cc3ccccc3cc2O)cc(C(c2cc3ccccc3cc2O)c2cc3ccccc3cc2O)c1)c1cc2ccccc2cc1O. The van der Waals surface area contributed by atoms with E-state index in [1.165, 1.54) is 0 Å². The molecule has 0 aromatic heterocycles. The van der Waals surface area contributed by atoms with Crippen molar-refractivity contribution in [1.29, 1.82) is 0 Å². The summed E-state index contributed by atoms with van der Waals surface area (Å²) in [5.41, 5.74) is 5.11. The summed E-state index contributed by atoms with van der Waals surface area (Å²) in [5, 5.41) is 84.8. The first kappa shape index (κ1) is 45.1. The second-order valence-corrected chi connectivity index (χ2v) is 19.8. The maximum absolute atomic E-state index is 12.4. The number of phenols is 6. The molecule has 0 amide bonds. The molecule has 0 atom stereocenters. The third kappa shape index (κ3) is 8.01. The van der Waals surface area contributed by atoms with Gasteiger partial charge in [-0.25, -0.2) is 0 Å². The van der Waals surface area contributed by atoms with Crippen LogP contribution in [0.3, 0.4) is 0 Å². The highest BCUT2D eigenvalue weighted by Gasteiger charge is 2.32. The van der Waals surface area contributed by atoms with Gasteiger partial charge in [-0.3, -0.25) is 0 Å². The van der Waals surface area contributed by atoms with Crippen molar-refractivity contribution in [2.75, 3.05) is 0 Å². The van der Waals surface area contributed by atoms with E-state index in [2.05, 4.69) is 0 Å². The fraction of sp³-hybridized carbons (Fsp3) is 0.0435. The molecule has 0 heterocycles. The summed E-state index contributed by atoms with van der Waals surface area (Å²) in [7, 11) is 0. The highest BCUT2D eigenvalue weighted by molar-refractivity contribution is 5.91. The molecule has 0 radical (unpaired) electrons. The van der Waals surface area contributed by atoms with Gasteiger partial charge in [0.15, 0.2) is 0 Å². The van der Waals surface area contributed by atoms with Crippen LogP contribution in [0.2, 0.25) is 0 Å². The molecule has 0 fully saturated rings. The zero-order chi connectivity index (χ0) is 50.9. The highest BCUT2D eigenvalue weighted by Crippen LogP contribution is 2.51. The average molecular weight is 973 g/mol. The lowest BCUT2D eigenvalue weighted by molar-refractivity contribution is 0.459. The van der Waals surface area contributed by atoms with Gasteiger partial charge in [-0.05, 0) is 154 Å². The second kappa shape index (κ2) is 18.1. The summed E-state index contributed by atoms with van der Waals surface area (Å²) < 4.78 is 0. The summed E-state index contributed by atoms with van der Waals surface area (Å²) in [6.07, 6.45) is 0. The van der Waals surface area contributed by atoms with Crippen LogP contribution in [0.1, 0.15) is 67.8 Å². The monoisotopic (exact) mass is 972 g/mol. The topological polar surface area (TPSA) is 121 Å². The fourth-order valence-corrected chi connectivity index (χ4v) is 11.6. The number of benzene rings is 13. The molecule has 13 aromatic rings. The van der Waals surface area contributed by atoms with Gasteiger partial charge in [-0.15, -0.1) is 0 Å². The quantitative estimate of drug-likeness (QED) is 0.0802. The first-order valence-electron chi connectivity index (χ1n) is 25.1. The first-order valence-corrected chi connectivity index (χ1v) is 25.1. The van der Waals surface area contributed by atoms with Crippen molar-refractivity contribution < 1.29 is 30.6 Å². The Morgan fingerprint density at radius 3 is 0.453 bits per heavy atom. The number of hydrogen-bond donors (Lipinski definition) is 6. The molecule has 6 heteroatoms. The van der Waals surface area contributed by atoms with Gasteiger partial charge >= 0.3 is 0 Å². The van der Waals surface area contributed by atoms with E-state index in [9.17, 15) is 30.6 Å². The zero-order valence-corrected chi connectivity index (χ0v) is 40.4. The summed E-state index contributed by atoms with van der Waals surface area (Å²) in [5.74, 6) is -2.42. The fourth-order valence-electron chi connectivity index (χ4n) is 11.6. The normalized spacial score (nSPS) is 11.9. The van der Waals surface area contributed by atoms with Crippen LogP contribution >= 0.6 is 0 Å². The van der Waals surface area contributed by atoms with Crippen LogP contribution in [0.15, 0.2) is 237 Å². The van der Waals surface area contributed by atoms with Crippen molar-refractivity contribution in [3.8, 4) is 34.5 Å². The Morgan fingerprint density at radius 2 is 0.307 bits per heavy atom. The molecule has 0 bridgehead atoms. The van der Waals surface area contributed by atoms with Crippen LogP contribution in [0, 0.1) is 0 Å². The van der Waals surface area contributed by atoms with Gasteiger partial charge in [-0.2, -0.15) is 0 Å². The number of phenolic OH excluding ortho intramolecular Hbond substituents is 6. The van der Waals surface area contributed by atoms with Gasteiger partial charge in [0.05, 0.1) is 0 Å². The summed E-state index contributed by atoms with van der Waals surface area (Å²) in [6, 6.07) is 75.5. The van der Waals surface area contributed by atoms with Crippen LogP contribution in [0.25, 0.3) is 64.6 Å². The van der Waals surface area contributed by atoms with E-state index in [4.69, 9.17) is 0 Å². The van der Waals surface area contributed by atoms with E-state index in [0.29, 0.717) is 50.1 Å². The standard InChI is InChI=1S/C69H48O6/c70-61-34-46-19-7-1-13-40(46)28-55(61)67(56-29-41-14-2-8-20-47(41)35-62(56)71)52-25-53(68(57-30-42-15-3-9-21-48(42)36-63(57)72)58-31-43-16-4-10-22-49(43)37-64(58)73)27-54(26-52)69(59-32-44-17-5-11-23-50(44)38-65(59)74)60-33-45-18-6-12-24-51(45)39-66(60)75/h1-39,67-75H. The molecular weight excluding hydrogens is 925 g/mol. The Kier molecular flexibility index (Phi) is 10.9. The first-order chi connectivity index (χ1) is 36.6. The van der Waals surface area contributed by atoms with E-state index >= 15 is 0 Å². The minimum Gasteiger partial charge on any atom is -0.508 e. The van der Waals surface area contributed by atoms with Crippen molar-refractivity contribution in [1.82, 2.24) is 0 Å². The van der Waals surface area contributed by atoms with E-state index in [1.807, 2.05) is 200 Å². The molecule has 0 spiro atoms. The molecule has 0 saturated carbocycles. The van der Waals surface area contributed by atoms with Gasteiger partial charge in [0.25, 0.3) is 0 Å². The van der Waals surface area contributed by atoms with Crippen molar-refractivity contribution in [2.45, 2.75) is 17.8 Å². The number of aromatic hydroxyl groups is 6. The molecule has 75 heavy (non-hydrogen) atoms. The maximum atomic E-state index is 12.4. The van der Waals surface area contributed by atoms with Crippen LogP contribution < -0.4 is 0 Å². The highest BCUT2D eigenvalue weighted by atomic mass is 16.3. The number of rotatable bonds is 9. The van der Waals surface area contributed by atoms with Crippen LogP contribution in [0.5, 0.6) is 34.5 Å². The molecule has 0 aliphatic carbocycles. The lowest BCUT2D eigenvalue weighted by atomic mass is 9.75. The van der Waals surface area contributed by atoms with Crippen molar-refractivity contribution in [2.24, 2.45) is 0 Å². The molecule has 13 aromatic carbocycles. The molecule has 6 nitrogen and oxygen atoms in total. The molecule has 0 aliphatic heterocycles. The molecule has 0 unspecified atom stereocenters. The molecule has 6 N–H and O–H groups in total. The van der Waals surface area contributed by atoms with Gasteiger partial charge in [-0.1, -0.05) is 164 Å². The third-order valence-electron chi connectivity index (χ3n) is 15.2. The van der Waals surface area contributed by atoms with E-state index < -0.39 is 17.8 Å². The Bertz CT molecular complexity index is 3710. The van der Waals surface area contributed by atoms with Crippen molar-refractivity contribution in [3.63, 3.8) is 0 Å². The smallest absolute Gasteiger partial charge is 0.120 e. The Hall–Kier alpha value is -9.78. The van der Waals surface area contributed by atoms with E-state index in [0.717, 1.165) is 64.6 Å². The average Bonchev–Trinajstić information content (AvgIpc) is 3.42. The van der Waals surface area contributed by atoms with E-state index in [1.54, 1.807) is 36.4 Å². The Morgan fingerprint density at radius 1 is 0.173 bits per heavy atom. The molecule has 0 saturated heterocycles. The van der Waals surface area contributed by atoms with E-state index in [-0.39, 0.29) is 34.5 Å². The summed E-state index contributed by atoms with van der Waals surface area (Å²) >= 11 is 0. The zero-order valence-electron chi connectivity index (χ0n) is 40.4. The maximum Gasteiger partial charge on any atom is 0.120 e. The lowest BCUT2D eigenvalue weighted by Gasteiger charge is -2.29. The molecular formula is C69H48O6. The summed E-state index contributed by atoms with van der Waals surface area (Å²) in [6.45, 7) is 0. The van der Waals surface area contributed by atoms with Crippen LogP contribution in [0.4, 0.5) is 0 Å². The van der Waals surface area contributed by atoms with Crippen LogP contribution in [-0.2, 0) is 0 Å². The number of hydrogen-bond acceptors (Lipinski definition) is 6. The minimum atomic E-state index is -0.843. The predicted octanol–water partition coefficient (Wildman–Crippen LogP) is 16.4. The number of fused-ring (bicyclic) bond motifs is 6.